The Bertz CT molecular complexity index is 661. The molecule has 1 aromatic carbocycles. The topological polar surface area (TPSA) is 55.4 Å². The van der Waals surface area contributed by atoms with E-state index < -0.39 is 11.1 Å². The molecule has 0 bridgehead atoms. The van der Waals surface area contributed by atoms with Gasteiger partial charge in [-0.2, -0.15) is 0 Å². The van der Waals surface area contributed by atoms with Crippen molar-refractivity contribution in [3.8, 4) is 0 Å². The van der Waals surface area contributed by atoms with Crippen LogP contribution in [-0.4, -0.2) is 23.7 Å². The van der Waals surface area contributed by atoms with Gasteiger partial charge in [0.05, 0.1) is 17.3 Å². The second-order valence-corrected chi connectivity index (χ2v) is 9.24. The van der Waals surface area contributed by atoms with Crippen LogP contribution in [-0.2, 0) is 14.3 Å². The standard InChI is InChI=1S/C20H29ClFNO3S/c1-6-8-9-26-19(25)16(7-2)27-17-11-15(14(22)10-13(17)21)23-18(24)12-20(3,4)5/h10-11,16H,6-9,12H2,1-5H3,(H,23,24). The molecule has 0 saturated heterocycles. The van der Waals surface area contributed by atoms with Gasteiger partial charge in [0.15, 0.2) is 0 Å². The maximum Gasteiger partial charge on any atom is 0.319 e. The molecule has 0 aliphatic carbocycles. The van der Waals surface area contributed by atoms with Crippen molar-refractivity contribution in [1.29, 1.82) is 0 Å². The second-order valence-electron chi connectivity index (χ2n) is 7.58. The maximum absolute atomic E-state index is 14.2. The molecular formula is C20H29ClFNO3S. The Morgan fingerprint density at radius 3 is 2.52 bits per heavy atom. The first-order chi connectivity index (χ1) is 12.6. The van der Waals surface area contributed by atoms with E-state index in [0.29, 0.717) is 17.9 Å². The largest absolute Gasteiger partial charge is 0.465 e. The van der Waals surface area contributed by atoms with Crippen LogP contribution in [0.3, 0.4) is 0 Å². The van der Waals surface area contributed by atoms with Crippen molar-refractivity contribution in [2.75, 3.05) is 11.9 Å². The summed E-state index contributed by atoms with van der Waals surface area (Å²) in [4.78, 5) is 24.9. The van der Waals surface area contributed by atoms with E-state index >= 15 is 0 Å². The molecule has 0 spiro atoms. The van der Waals surface area contributed by atoms with E-state index in [2.05, 4.69) is 5.32 Å². The number of carbonyl (C=O) groups excluding carboxylic acids is 2. The highest BCUT2D eigenvalue weighted by atomic mass is 35.5. The van der Waals surface area contributed by atoms with Gasteiger partial charge in [0.1, 0.15) is 11.1 Å². The second kappa shape index (κ2) is 10.9. The van der Waals surface area contributed by atoms with Gasteiger partial charge in [0.25, 0.3) is 0 Å². The summed E-state index contributed by atoms with van der Waals surface area (Å²) in [6, 6.07) is 2.64. The van der Waals surface area contributed by atoms with E-state index in [1.807, 2.05) is 34.6 Å². The van der Waals surface area contributed by atoms with Crippen LogP contribution in [0.2, 0.25) is 5.02 Å². The van der Waals surface area contributed by atoms with Crippen molar-refractivity contribution >= 4 is 40.9 Å². The van der Waals surface area contributed by atoms with Gasteiger partial charge in [-0.25, -0.2) is 4.39 Å². The predicted octanol–water partition coefficient (Wildman–Crippen LogP) is 6.07. The first-order valence-electron chi connectivity index (χ1n) is 9.19. The number of anilines is 1. The average molecular weight is 418 g/mol. The number of amides is 1. The van der Waals surface area contributed by atoms with Crippen LogP contribution in [0.5, 0.6) is 0 Å². The molecule has 0 heterocycles. The number of rotatable bonds is 9. The Kier molecular flexibility index (Phi) is 9.60. The predicted molar refractivity (Wildman–Crippen MR) is 110 cm³/mol. The molecule has 0 aliphatic rings. The third kappa shape index (κ3) is 8.52. The Labute approximate surface area is 170 Å². The van der Waals surface area contributed by atoms with Gasteiger partial charge in [-0.3, -0.25) is 9.59 Å². The number of halogens is 2. The number of benzene rings is 1. The molecule has 1 rings (SSSR count). The lowest BCUT2D eigenvalue weighted by Gasteiger charge is -2.18. The van der Waals surface area contributed by atoms with E-state index in [9.17, 15) is 14.0 Å². The number of thioether (sulfide) groups is 1. The number of nitrogens with one attached hydrogen (secondary N) is 1. The van der Waals surface area contributed by atoms with Gasteiger partial charge in [-0.1, -0.05) is 52.6 Å². The molecule has 0 fully saturated rings. The average Bonchev–Trinajstić information content (AvgIpc) is 2.54. The summed E-state index contributed by atoms with van der Waals surface area (Å²) < 4.78 is 19.5. The smallest absolute Gasteiger partial charge is 0.319 e. The van der Waals surface area contributed by atoms with Crippen LogP contribution < -0.4 is 5.32 Å². The molecule has 1 unspecified atom stereocenters. The van der Waals surface area contributed by atoms with Crippen LogP contribution in [0.1, 0.15) is 60.3 Å². The zero-order chi connectivity index (χ0) is 20.6. The first kappa shape index (κ1) is 23.8. The summed E-state index contributed by atoms with van der Waals surface area (Å²) >= 11 is 7.37. The number of esters is 1. The fraction of sp³-hybridized carbons (Fsp3) is 0.600. The number of carbonyl (C=O) groups is 2. The van der Waals surface area contributed by atoms with Gasteiger partial charge in [-0.15, -0.1) is 11.8 Å². The molecular weight excluding hydrogens is 389 g/mol. The lowest BCUT2D eigenvalue weighted by molar-refractivity contribution is -0.143. The lowest BCUT2D eigenvalue weighted by Crippen LogP contribution is -2.21. The van der Waals surface area contributed by atoms with Gasteiger partial charge < -0.3 is 10.1 Å². The number of ether oxygens (including phenoxy) is 1. The highest BCUT2D eigenvalue weighted by molar-refractivity contribution is 8.00. The molecule has 0 saturated carbocycles. The van der Waals surface area contributed by atoms with Gasteiger partial charge in [-0.05, 0) is 30.4 Å². The van der Waals surface area contributed by atoms with Gasteiger partial charge >= 0.3 is 5.97 Å². The zero-order valence-corrected chi connectivity index (χ0v) is 18.2. The van der Waals surface area contributed by atoms with Crippen molar-refractivity contribution in [3.05, 3.63) is 23.0 Å². The molecule has 1 N–H and O–H groups in total. The first-order valence-corrected chi connectivity index (χ1v) is 10.4. The summed E-state index contributed by atoms with van der Waals surface area (Å²) in [5, 5.41) is 2.35. The van der Waals surface area contributed by atoms with E-state index in [0.717, 1.165) is 18.9 Å². The van der Waals surface area contributed by atoms with E-state index in [1.54, 1.807) is 0 Å². The quantitative estimate of drug-likeness (QED) is 0.301. The maximum atomic E-state index is 14.2. The number of hydrogen-bond donors (Lipinski definition) is 1. The molecule has 1 atom stereocenters. The normalized spacial score (nSPS) is 12.6. The summed E-state index contributed by atoms with van der Waals surface area (Å²) in [6.45, 7) is 10.1. The molecule has 152 valence electrons. The minimum absolute atomic E-state index is 0.0605. The summed E-state index contributed by atoms with van der Waals surface area (Å²) in [5.74, 6) is -1.19. The number of hydrogen-bond acceptors (Lipinski definition) is 4. The van der Waals surface area contributed by atoms with Crippen LogP contribution in [0.15, 0.2) is 17.0 Å². The minimum atomic E-state index is -0.606. The monoisotopic (exact) mass is 417 g/mol. The minimum Gasteiger partial charge on any atom is -0.465 e. The Morgan fingerprint density at radius 2 is 1.96 bits per heavy atom. The van der Waals surface area contributed by atoms with E-state index in [4.69, 9.17) is 16.3 Å². The van der Waals surface area contributed by atoms with Crippen molar-refractivity contribution in [2.24, 2.45) is 5.41 Å². The molecule has 0 radical (unpaired) electrons. The summed E-state index contributed by atoms with van der Waals surface area (Å²) in [7, 11) is 0. The summed E-state index contributed by atoms with van der Waals surface area (Å²) in [5.41, 5.74) is -0.148. The van der Waals surface area contributed by atoms with E-state index in [-0.39, 0.29) is 34.4 Å². The molecule has 1 aromatic rings. The van der Waals surface area contributed by atoms with Crippen molar-refractivity contribution < 1.29 is 18.7 Å². The fourth-order valence-electron chi connectivity index (χ4n) is 2.25. The van der Waals surface area contributed by atoms with Crippen LogP contribution in [0, 0.1) is 11.2 Å². The molecule has 27 heavy (non-hydrogen) atoms. The Balaban J connectivity index is 2.91. The molecule has 7 heteroatoms. The third-order valence-electron chi connectivity index (χ3n) is 3.63. The summed E-state index contributed by atoms with van der Waals surface area (Å²) in [6.07, 6.45) is 2.57. The molecule has 4 nitrogen and oxygen atoms in total. The lowest BCUT2D eigenvalue weighted by atomic mass is 9.92. The van der Waals surface area contributed by atoms with Crippen LogP contribution in [0.25, 0.3) is 0 Å². The number of unbranched alkanes of at least 4 members (excludes halogenated alkanes) is 1. The van der Waals surface area contributed by atoms with Crippen LogP contribution >= 0.6 is 23.4 Å². The van der Waals surface area contributed by atoms with E-state index in [1.165, 1.54) is 17.8 Å². The molecule has 0 aromatic heterocycles. The molecule has 1 amide bonds. The van der Waals surface area contributed by atoms with Crippen molar-refractivity contribution in [1.82, 2.24) is 0 Å². The van der Waals surface area contributed by atoms with Gasteiger partial charge in [0, 0.05) is 11.3 Å². The SMILES string of the molecule is CCCCOC(=O)C(CC)Sc1cc(NC(=O)CC(C)(C)C)c(F)cc1Cl. The Hall–Kier alpha value is -1.27. The van der Waals surface area contributed by atoms with Crippen molar-refractivity contribution in [2.45, 2.75) is 70.4 Å². The molecule has 0 aliphatic heterocycles. The third-order valence-corrected chi connectivity index (χ3v) is 5.46. The highest BCUT2D eigenvalue weighted by Gasteiger charge is 2.23. The highest BCUT2D eigenvalue weighted by Crippen LogP contribution is 2.36. The van der Waals surface area contributed by atoms with Crippen LogP contribution in [0.4, 0.5) is 10.1 Å². The Morgan fingerprint density at radius 1 is 1.30 bits per heavy atom. The zero-order valence-electron chi connectivity index (χ0n) is 16.7. The van der Waals surface area contributed by atoms with Gasteiger partial charge in [0.2, 0.25) is 5.91 Å². The van der Waals surface area contributed by atoms with Crippen molar-refractivity contribution in [3.63, 3.8) is 0 Å². The fourth-order valence-corrected chi connectivity index (χ4v) is 3.53.